The van der Waals surface area contributed by atoms with Crippen LogP contribution in [0.4, 0.5) is 10.1 Å². The van der Waals surface area contributed by atoms with E-state index in [1.807, 2.05) is 0 Å². The molecule has 150 valence electrons. The van der Waals surface area contributed by atoms with Crippen LogP contribution in [0, 0.1) is 5.82 Å². The van der Waals surface area contributed by atoms with E-state index in [-0.39, 0.29) is 11.7 Å². The van der Waals surface area contributed by atoms with Crippen molar-refractivity contribution in [3.63, 3.8) is 0 Å². The predicted octanol–water partition coefficient (Wildman–Crippen LogP) is 3.05. The maximum Gasteiger partial charge on any atom is 0.254 e. The van der Waals surface area contributed by atoms with Gasteiger partial charge in [-0.05, 0) is 48.5 Å². The molecule has 7 nitrogen and oxygen atoms in total. The average molecular weight is 415 g/mol. The molecule has 29 heavy (non-hydrogen) atoms. The Morgan fingerprint density at radius 1 is 1.14 bits per heavy atom. The summed E-state index contributed by atoms with van der Waals surface area (Å²) in [5.41, 5.74) is 3.15. The van der Waals surface area contributed by atoms with Gasteiger partial charge in [-0.3, -0.25) is 9.52 Å². The van der Waals surface area contributed by atoms with E-state index in [0.29, 0.717) is 42.1 Å². The highest BCUT2D eigenvalue weighted by molar-refractivity contribution is 7.92. The van der Waals surface area contributed by atoms with Gasteiger partial charge < -0.3 is 9.42 Å². The van der Waals surface area contributed by atoms with Crippen molar-refractivity contribution < 1.29 is 22.1 Å². The highest BCUT2D eigenvalue weighted by Crippen LogP contribution is 2.31. The van der Waals surface area contributed by atoms with Gasteiger partial charge >= 0.3 is 0 Å². The van der Waals surface area contributed by atoms with Crippen LogP contribution in [-0.4, -0.2) is 37.2 Å². The van der Waals surface area contributed by atoms with Gasteiger partial charge in [0.1, 0.15) is 5.82 Å². The van der Waals surface area contributed by atoms with Crippen LogP contribution >= 0.6 is 0 Å². The van der Waals surface area contributed by atoms with Crippen LogP contribution in [0.3, 0.4) is 0 Å². The molecule has 1 aliphatic heterocycles. The zero-order valence-corrected chi connectivity index (χ0v) is 16.4. The molecule has 2 heterocycles. The van der Waals surface area contributed by atoms with E-state index in [9.17, 15) is 17.6 Å². The van der Waals surface area contributed by atoms with Gasteiger partial charge in [0.05, 0.1) is 18.5 Å². The fraction of sp³-hybridized carbons (Fsp3) is 0.200. The number of carbonyl (C=O) groups is 1. The van der Waals surface area contributed by atoms with Gasteiger partial charge in [0, 0.05) is 35.3 Å². The number of benzene rings is 2. The number of aromatic nitrogens is 1. The number of amides is 1. The molecule has 1 amide bonds. The number of halogens is 1. The first-order valence-electron chi connectivity index (χ1n) is 8.91. The monoisotopic (exact) mass is 415 g/mol. The smallest absolute Gasteiger partial charge is 0.254 e. The van der Waals surface area contributed by atoms with Crippen molar-refractivity contribution >= 4 is 21.6 Å². The molecule has 2 aromatic carbocycles. The van der Waals surface area contributed by atoms with Gasteiger partial charge in [-0.1, -0.05) is 5.16 Å². The molecule has 0 radical (unpaired) electrons. The second-order valence-electron chi connectivity index (χ2n) is 6.87. The fourth-order valence-electron chi connectivity index (χ4n) is 3.29. The summed E-state index contributed by atoms with van der Waals surface area (Å²) in [5, 5.41) is 4.10. The lowest BCUT2D eigenvalue weighted by molar-refractivity contribution is 0.0734. The number of rotatable bonds is 4. The summed E-state index contributed by atoms with van der Waals surface area (Å²) in [6.45, 7) is 0.818. The van der Waals surface area contributed by atoms with Gasteiger partial charge in [0.2, 0.25) is 10.0 Å². The van der Waals surface area contributed by atoms with Crippen molar-refractivity contribution in [2.45, 2.75) is 13.0 Å². The normalized spacial score (nSPS) is 13.8. The first-order valence-corrected chi connectivity index (χ1v) is 10.8. The number of fused-ring (bicyclic) bond motifs is 1. The lowest BCUT2D eigenvalue weighted by Gasteiger charge is -2.26. The molecule has 0 saturated carbocycles. The highest BCUT2D eigenvalue weighted by atomic mass is 32.2. The highest BCUT2D eigenvalue weighted by Gasteiger charge is 2.28. The summed E-state index contributed by atoms with van der Waals surface area (Å²) in [6, 6.07) is 12.2. The summed E-state index contributed by atoms with van der Waals surface area (Å²) in [4.78, 5) is 14.6. The lowest BCUT2D eigenvalue weighted by atomic mass is 10.0. The molecular formula is C20H18FN3O4S. The van der Waals surface area contributed by atoms with Crippen LogP contribution in [0.5, 0.6) is 0 Å². The van der Waals surface area contributed by atoms with E-state index >= 15 is 0 Å². The predicted molar refractivity (Wildman–Crippen MR) is 105 cm³/mol. The summed E-state index contributed by atoms with van der Waals surface area (Å²) in [6.07, 6.45) is 1.62. The Hall–Kier alpha value is -3.20. The number of hydrogen-bond donors (Lipinski definition) is 1. The van der Waals surface area contributed by atoms with E-state index in [1.54, 1.807) is 41.3 Å². The molecule has 0 fully saturated rings. The van der Waals surface area contributed by atoms with Gasteiger partial charge in [-0.25, -0.2) is 12.8 Å². The van der Waals surface area contributed by atoms with Crippen LogP contribution < -0.4 is 4.72 Å². The third-order valence-corrected chi connectivity index (χ3v) is 5.27. The largest absolute Gasteiger partial charge is 0.356 e. The molecule has 9 heteroatoms. The van der Waals surface area contributed by atoms with Crippen molar-refractivity contribution in [3.05, 3.63) is 71.2 Å². The van der Waals surface area contributed by atoms with E-state index in [1.165, 1.54) is 12.1 Å². The second-order valence-corrected chi connectivity index (χ2v) is 8.62. The first-order chi connectivity index (χ1) is 13.8. The Balaban J connectivity index is 1.54. The van der Waals surface area contributed by atoms with E-state index in [4.69, 9.17) is 4.52 Å². The minimum Gasteiger partial charge on any atom is -0.356 e. The zero-order chi connectivity index (χ0) is 20.6. The van der Waals surface area contributed by atoms with Gasteiger partial charge in [0.15, 0.2) is 5.76 Å². The standard InChI is InChI=1S/C20H18FN3O4S/c1-29(26,27)23-16-8-4-14(5-9-16)20(25)24-11-10-18-17(12-24)19(28-22-18)13-2-6-15(21)7-3-13/h2-9,23H,10-12H2,1H3. The van der Waals surface area contributed by atoms with Crippen molar-refractivity contribution in [1.29, 1.82) is 0 Å². The molecule has 4 rings (SSSR count). The number of hydrogen-bond acceptors (Lipinski definition) is 5. The third kappa shape index (κ3) is 4.14. The van der Waals surface area contributed by atoms with Crippen LogP contribution in [0.2, 0.25) is 0 Å². The zero-order valence-electron chi connectivity index (χ0n) is 15.6. The minimum absolute atomic E-state index is 0.173. The Bertz CT molecular complexity index is 1160. The lowest BCUT2D eigenvalue weighted by Crippen LogP contribution is -2.35. The van der Waals surface area contributed by atoms with Crippen molar-refractivity contribution in [2.75, 3.05) is 17.5 Å². The van der Waals surface area contributed by atoms with E-state index < -0.39 is 10.0 Å². The minimum atomic E-state index is -3.38. The summed E-state index contributed by atoms with van der Waals surface area (Å²) in [5.74, 6) is 0.0192. The molecular weight excluding hydrogens is 397 g/mol. The molecule has 0 saturated heterocycles. The maximum absolute atomic E-state index is 13.2. The van der Waals surface area contributed by atoms with E-state index in [0.717, 1.165) is 17.5 Å². The van der Waals surface area contributed by atoms with Crippen LogP contribution in [-0.2, 0) is 23.0 Å². The first kappa shape index (κ1) is 19.1. The average Bonchev–Trinajstić information content (AvgIpc) is 3.10. The van der Waals surface area contributed by atoms with Gasteiger partial charge in [-0.15, -0.1) is 0 Å². The maximum atomic E-state index is 13.2. The Kier molecular flexibility index (Phi) is 4.83. The van der Waals surface area contributed by atoms with Crippen molar-refractivity contribution in [3.8, 4) is 11.3 Å². The molecule has 0 bridgehead atoms. The van der Waals surface area contributed by atoms with Gasteiger partial charge in [0.25, 0.3) is 5.91 Å². The van der Waals surface area contributed by atoms with Crippen LogP contribution in [0.1, 0.15) is 21.6 Å². The summed E-state index contributed by atoms with van der Waals surface area (Å²) < 4.78 is 43.6. The van der Waals surface area contributed by atoms with E-state index in [2.05, 4.69) is 9.88 Å². The molecule has 0 aliphatic carbocycles. The Labute approximate surface area is 167 Å². The summed E-state index contributed by atoms with van der Waals surface area (Å²) >= 11 is 0. The quantitative estimate of drug-likeness (QED) is 0.707. The Morgan fingerprint density at radius 2 is 1.83 bits per heavy atom. The molecule has 0 spiro atoms. The molecule has 0 unspecified atom stereocenters. The van der Waals surface area contributed by atoms with Crippen LogP contribution in [0.25, 0.3) is 11.3 Å². The van der Waals surface area contributed by atoms with Gasteiger partial charge in [-0.2, -0.15) is 0 Å². The molecule has 0 atom stereocenters. The second kappa shape index (κ2) is 7.32. The third-order valence-electron chi connectivity index (χ3n) is 4.67. The SMILES string of the molecule is CS(=O)(=O)Nc1ccc(C(=O)N2CCc3noc(-c4ccc(F)cc4)c3C2)cc1. The number of nitrogens with one attached hydrogen (secondary N) is 1. The number of anilines is 1. The number of sulfonamides is 1. The Morgan fingerprint density at radius 3 is 2.48 bits per heavy atom. The van der Waals surface area contributed by atoms with Crippen molar-refractivity contribution in [1.82, 2.24) is 10.1 Å². The van der Waals surface area contributed by atoms with Crippen LogP contribution in [0.15, 0.2) is 53.1 Å². The number of carbonyl (C=O) groups excluding carboxylic acids is 1. The molecule has 1 aliphatic rings. The number of nitrogens with zero attached hydrogens (tertiary/aromatic N) is 2. The topological polar surface area (TPSA) is 92.5 Å². The molecule has 1 N–H and O–H groups in total. The molecule has 3 aromatic rings. The van der Waals surface area contributed by atoms with Crippen molar-refractivity contribution in [2.24, 2.45) is 0 Å². The summed E-state index contributed by atoms with van der Waals surface area (Å²) in [7, 11) is -3.38. The molecule has 1 aromatic heterocycles. The fourth-order valence-corrected chi connectivity index (χ4v) is 3.86.